The third kappa shape index (κ3) is 3.86. The van der Waals surface area contributed by atoms with Crippen molar-refractivity contribution in [3.8, 4) is 17.0 Å². The standard InChI is InChI=1S/C23H15ClN2O4/c1-14-3-2-4-19-20(23(27)30-18-11-9-17(10-12-18)26(28)29)13-21(25-22(14)19)15-5-7-16(24)8-6-15/h2-13H,1H3. The van der Waals surface area contributed by atoms with Crippen LogP contribution in [0.15, 0.2) is 72.8 Å². The van der Waals surface area contributed by atoms with E-state index >= 15 is 0 Å². The Labute approximate surface area is 176 Å². The molecule has 0 aliphatic heterocycles. The van der Waals surface area contributed by atoms with E-state index in [0.717, 1.165) is 11.1 Å². The number of pyridine rings is 1. The van der Waals surface area contributed by atoms with Crippen molar-refractivity contribution in [1.29, 1.82) is 0 Å². The van der Waals surface area contributed by atoms with Gasteiger partial charge in [0.05, 0.1) is 21.7 Å². The number of carbonyl (C=O) groups excluding carboxylic acids is 1. The average molecular weight is 419 g/mol. The van der Waals surface area contributed by atoms with Crippen LogP contribution in [-0.2, 0) is 0 Å². The second kappa shape index (κ2) is 7.93. The van der Waals surface area contributed by atoms with Crippen LogP contribution in [0.1, 0.15) is 15.9 Å². The molecule has 0 saturated heterocycles. The molecule has 0 radical (unpaired) electrons. The number of carbonyl (C=O) groups is 1. The highest BCUT2D eigenvalue weighted by Gasteiger charge is 2.17. The lowest BCUT2D eigenvalue weighted by molar-refractivity contribution is -0.384. The van der Waals surface area contributed by atoms with Gasteiger partial charge in [0.25, 0.3) is 5.69 Å². The van der Waals surface area contributed by atoms with Gasteiger partial charge in [-0.3, -0.25) is 10.1 Å². The van der Waals surface area contributed by atoms with Gasteiger partial charge in [-0.05, 0) is 42.8 Å². The van der Waals surface area contributed by atoms with E-state index in [4.69, 9.17) is 21.3 Å². The van der Waals surface area contributed by atoms with E-state index < -0.39 is 10.9 Å². The van der Waals surface area contributed by atoms with Gasteiger partial charge in [0.1, 0.15) is 5.75 Å². The molecule has 0 N–H and O–H groups in total. The molecular formula is C23H15ClN2O4. The van der Waals surface area contributed by atoms with Crippen LogP contribution in [0.5, 0.6) is 5.75 Å². The summed E-state index contributed by atoms with van der Waals surface area (Å²) >= 11 is 5.99. The zero-order chi connectivity index (χ0) is 21.3. The number of halogens is 1. The van der Waals surface area contributed by atoms with Crippen molar-refractivity contribution in [3.63, 3.8) is 0 Å². The Balaban J connectivity index is 1.78. The number of benzene rings is 3. The molecule has 148 valence electrons. The second-order valence-electron chi connectivity index (χ2n) is 6.67. The second-order valence-corrected chi connectivity index (χ2v) is 7.11. The zero-order valence-electron chi connectivity index (χ0n) is 15.8. The molecule has 0 bridgehead atoms. The Bertz CT molecular complexity index is 1270. The van der Waals surface area contributed by atoms with Crippen molar-refractivity contribution in [1.82, 2.24) is 4.98 Å². The van der Waals surface area contributed by atoms with Crippen molar-refractivity contribution in [2.75, 3.05) is 0 Å². The highest BCUT2D eigenvalue weighted by Crippen LogP contribution is 2.29. The van der Waals surface area contributed by atoms with Crippen molar-refractivity contribution >= 4 is 34.2 Å². The maximum atomic E-state index is 13.0. The minimum Gasteiger partial charge on any atom is -0.423 e. The quantitative estimate of drug-likeness (QED) is 0.176. The van der Waals surface area contributed by atoms with Crippen LogP contribution >= 0.6 is 11.6 Å². The molecule has 1 aromatic heterocycles. The van der Waals surface area contributed by atoms with E-state index in [1.165, 1.54) is 24.3 Å². The predicted molar refractivity (Wildman–Crippen MR) is 115 cm³/mol. The van der Waals surface area contributed by atoms with Crippen LogP contribution < -0.4 is 4.74 Å². The molecule has 0 unspecified atom stereocenters. The van der Waals surface area contributed by atoms with Crippen molar-refractivity contribution in [2.24, 2.45) is 0 Å². The summed E-state index contributed by atoms with van der Waals surface area (Å²) in [5.74, 6) is -0.353. The molecule has 0 spiro atoms. The summed E-state index contributed by atoms with van der Waals surface area (Å²) in [5, 5.41) is 12.1. The maximum Gasteiger partial charge on any atom is 0.344 e. The summed E-state index contributed by atoms with van der Waals surface area (Å²) < 4.78 is 5.48. The molecule has 7 heteroatoms. The normalized spacial score (nSPS) is 10.7. The lowest BCUT2D eigenvalue weighted by Gasteiger charge is -2.11. The Kier molecular flexibility index (Phi) is 5.16. The number of ether oxygens (including phenoxy) is 1. The first-order chi connectivity index (χ1) is 14.4. The number of aromatic nitrogens is 1. The Morgan fingerprint density at radius 2 is 1.73 bits per heavy atom. The fraction of sp³-hybridized carbons (Fsp3) is 0.0435. The van der Waals surface area contributed by atoms with E-state index in [2.05, 4.69) is 0 Å². The van der Waals surface area contributed by atoms with Gasteiger partial charge in [-0.25, -0.2) is 9.78 Å². The topological polar surface area (TPSA) is 82.3 Å². The number of rotatable bonds is 4. The van der Waals surface area contributed by atoms with E-state index in [9.17, 15) is 14.9 Å². The number of fused-ring (bicyclic) bond motifs is 1. The molecular weight excluding hydrogens is 404 g/mol. The maximum absolute atomic E-state index is 13.0. The number of hydrogen-bond donors (Lipinski definition) is 0. The van der Waals surface area contributed by atoms with E-state index in [-0.39, 0.29) is 11.4 Å². The van der Waals surface area contributed by atoms with Gasteiger partial charge in [0, 0.05) is 28.1 Å². The average Bonchev–Trinajstić information content (AvgIpc) is 2.74. The minimum absolute atomic E-state index is 0.0789. The van der Waals surface area contributed by atoms with Gasteiger partial charge in [0.2, 0.25) is 0 Å². The van der Waals surface area contributed by atoms with E-state index in [1.54, 1.807) is 18.2 Å². The van der Waals surface area contributed by atoms with Crippen LogP contribution in [0, 0.1) is 17.0 Å². The molecule has 0 atom stereocenters. The molecule has 0 aliphatic rings. The van der Waals surface area contributed by atoms with Crippen LogP contribution in [0.2, 0.25) is 5.02 Å². The first kappa shape index (κ1) is 19.5. The fourth-order valence-corrected chi connectivity index (χ4v) is 3.25. The molecule has 6 nitrogen and oxygen atoms in total. The summed E-state index contributed by atoms with van der Waals surface area (Å²) in [6.07, 6.45) is 0. The number of nitro benzene ring substituents is 1. The smallest absolute Gasteiger partial charge is 0.344 e. The highest BCUT2D eigenvalue weighted by atomic mass is 35.5. The fourth-order valence-electron chi connectivity index (χ4n) is 3.13. The molecule has 4 aromatic rings. The molecule has 0 saturated carbocycles. The summed E-state index contributed by atoms with van der Waals surface area (Å²) in [7, 11) is 0. The number of aryl methyl sites for hydroxylation is 1. The van der Waals surface area contributed by atoms with E-state index in [0.29, 0.717) is 27.2 Å². The Hall–Kier alpha value is -3.77. The van der Waals surface area contributed by atoms with Crippen molar-refractivity contribution in [2.45, 2.75) is 6.92 Å². The third-order valence-corrected chi connectivity index (χ3v) is 4.91. The monoisotopic (exact) mass is 418 g/mol. The molecule has 1 heterocycles. The summed E-state index contributed by atoms with van der Waals surface area (Å²) in [5.41, 5.74) is 3.32. The zero-order valence-corrected chi connectivity index (χ0v) is 16.6. The summed E-state index contributed by atoms with van der Waals surface area (Å²) in [4.78, 5) is 28.0. The van der Waals surface area contributed by atoms with Gasteiger partial charge in [-0.1, -0.05) is 41.9 Å². The van der Waals surface area contributed by atoms with Crippen LogP contribution in [0.4, 0.5) is 5.69 Å². The number of nitro groups is 1. The van der Waals surface area contributed by atoms with Crippen LogP contribution in [0.25, 0.3) is 22.2 Å². The lowest BCUT2D eigenvalue weighted by atomic mass is 10.0. The predicted octanol–water partition coefficient (Wildman–Crippen LogP) is 5.99. The molecule has 30 heavy (non-hydrogen) atoms. The number of hydrogen-bond acceptors (Lipinski definition) is 5. The molecule has 0 amide bonds. The van der Waals surface area contributed by atoms with Gasteiger partial charge < -0.3 is 4.74 Å². The lowest BCUT2D eigenvalue weighted by Crippen LogP contribution is -2.10. The van der Waals surface area contributed by atoms with Gasteiger partial charge >= 0.3 is 5.97 Å². The van der Waals surface area contributed by atoms with Crippen molar-refractivity contribution in [3.05, 3.63) is 99.1 Å². The molecule has 3 aromatic carbocycles. The van der Waals surface area contributed by atoms with E-state index in [1.807, 2.05) is 37.3 Å². The molecule has 0 aliphatic carbocycles. The summed E-state index contributed by atoms with van der Waals surface area (Å²) in [6, 6.07) is 19.8. The number of para-hydroxylation sites is 1. The highest BCUT2D eigenvalue weighted by molar-refractivity contribution is 6.30. The van der Waals surface area contributed by atoms with Crippen molar-refractivity contribution < 1.29 is 14.5 Å². The third-order valence-electron chi connectivity index (χ3n) is 4.66. The SMILES string of the molecule is Cc1cccc2c(C(=O)Oc3ccc([N+](=O)[O-])cc3)cc(-c3ccc(Cl)cc3)nc12. The summed E-state index contributed by atoms with van der Waals surface area (Å²) in [6.45, 7) is 1.92. The molecule has 0 fully saturated rings. The Morgan fingerprint density at radius 3 is 2.40 bits per heavy atom. The number of nitrogens with zero attached hydrogens (tertiary/aromatic N) is 2. The Morgan fingerprint density at radius 1 is 1.03 bits per heavy atom. The first-order valence-corrected chi connectivity index (χ1v) is 9.43. The minimum atomic E-state index is -0.572. The first-order valence-electron chi connectivity index (χ1n) is 9.05. The van der Waals surface area contributed by atoms with Crippen LogP contribution in [-0.4, -0.2) is 15.9 Å². The molecule has 4 rings (SSSR count). The number of esters is 1. The number of non-ortho nitro benzene ring substituents is 1. The van der Waals surface area contributed by atoms with Gasteiger partial charge in [-0.2, -0.15) is 0 Å². The van der Waals surface area contributed by atoms with Gasteiger partial charge in [-0.15, -0.1) is 0 Å². The largest absolute Gasteiger partial charge is 0.423 e. The van der Waals surface area contributed by atoms with Gasteiger partial charge in [0.15, 0.2) is 0 Å². The van der Waals surface area contributed by atoms with Crippen LogP contribution in [0.3, 0.4) is 0 Å².